The van der Waals surface area contributed by atoms with Gasteiger partial charge in [0.2, 0.25) is 0 Å². The largest absolute Gasteiger partial charge is 0.488 e. The lowest BCUT2D eigenvalue weighted by molar-refractivity contribution is -0.124. The van der Waals surface area contributed by atoms with E-state index in [9.17, 15) is 9.59 Å². The minimum atomic E-state index is -0.775. The van der Waals surface area contributed by atoms with Crippen LogP contribution in [-0.2, 0) is 14.3 Å². The lowest BCUT2D eigenvalue weighted by Crippen LogP contribution is -2.45. The quantitative estimate of drug-likeness (QED) is 0.286. The zero-order chi connectivity index (χ0) is 20.8. The molecule has 0 spiro atoms. The number of nitrogens with zero attached hydrogens (tertiary/aromatic N) is 3. The molecule has 0 bridgehead atoms. The van der Waals surface area contributed by atoms with E-state index in [1.807, 2.05) is 37.0 Å². The smallest absolute Gasteiger partial charge is 0.168 e. The van der Waals surface area contributed by atoms with Crippen molar-refractivity contribution in [1.29, 1.82) is 0 Å². The van der Waals surface area contributed by atoms with E-state index in [1.54, 1.807) is 6.92 Å². The number of aldehydes is 1. The van der Waals surface area contributed by atoms with Gasteiger partial charge in [0.1, 0.15) is 18.6 Å². The molecule has 2 aliphatic rings. The number of hydrogen-bond acceptors (Lipinski definition) is 6. The number of ketones is 1. The van der Waals surface area contributed by atoms with Crippen molar-refractivity contribution in [2.45, 2.75) is 33.2 Å². The number of halogens is 1. The Morgan fingerprint density at radius 3 is 2.50 bits per heavy atom. The van der Waals surface area contributed by atoms with E-state index in [2.05, 4.69) is 4.90 Å². The van der Waals surface area contributed by atoms with Crippen molar-refractivity contribution >= 4 is 12.1 Å². The first kappa shape index (κ1) is 22.1. The second kappa shape index (κ2) is 9.87. The van der Waals surface area contributed by atoms with Crippen molar-refractivity contribution in [3.8, 4) is 0 Å². The van der Waals surface area contributed by atoms with Gasteiger partial charge in [-0.3, -0.25) is 4.79 Å². The highest BCUT2D eigenvalue weighted by molar-refractivity contribution is 6.04. The van der Waals surface area contributed by atoms with Crippen LogP contribution < -0.4 is 0 Å². The number of carbonyl (C=O) groups is 2. The Bertz CT molecular complexity index is 678. The van der Waals surface area contributed by atoms with E-state index in [0.29, 0.717) is 49.4 Å². The Labute approximate surface area is 167 Å². The van der Waals surface area contributed by atoms with Crippen LogP contribution in [0.2, 0.25) is 0 Å². The van der Waals surface area contributed by atoms with Crippen molar-refractivity contribution < 1.29 is 18.7 Å². The van der Waals surface area contributed by atoms with E-state index >= 15 is 4.39 Å². The lowest BCUT2D eigenvalue weighted by Gasteiger charge is -2.38. The average Bonchev–Trinajstić information content (AvgIpc) is 2.69. The summed E-state index contributed by atoms with van der Waals surface area (Å²) < 4.78 is 21.4. The molecule has 2 heterocycles. The van der Waals surface area contributed by atoms with Gasteiger partial charge < -0.3 is 24.2 Å². The van der Waals surface area contributed by atoms with Crippen LogP contribution in [-0.4, -0.2) is 79.7 Å². The molecule has 0 radical (unpaired) electrons. The van der Waals surface area contributed by atoms with Crippen molar-refractivity contribution in [2.75, 3.05) is 46.9 Å². The molecule has 2 aliphatic heterocycles. The molecule has 7 heteroatoms. The summed E-state index contributed by atoms with van der Waals surface area (Å²) in [5.41, 5.74) is 0.686. The predicted molar refractivity (Wildman–Crippen MR) is 107 cm³/mol. The van der Waals surface area contributed by atoms with Gasteiger partial charge >= 0.3 is 0 Å². The van der Waals surface area contributed by atoms with Crippen molar-refractivity contribution in [2.24, 2.45) is 5.92 Å². The summed E-state index contributed by atoms with van der Waals surface area (Å²) in [6.45, 7) is 8.82. The van der Waals surface area contributed by atoms with E-state index in [-0.39, 0.29) is 11.8 Å². The topological polar surface area (TPSA) is 53.1 Å². The van der Waals surface area contributed by atoms with Crippen LogP contribution in [0.3, 0.4) is 0 Å². The molecule has 2 rings (SSSR count). The van der Waals surface area contributed by atoms with E-state index < -0.39 is 11.7 Å². The maximum absolute atomic E-state index is 15.5. The van der Waals surface area contributed by atoms with Crippen LogP contribution in [0.1, 0.15) is 27.2 Å². The molecular weight excluding hydrogens is 361 g/mol. The van der Waals surface area contributed by atoms with Gasteiger partial charge in [0, 0.05) is 39.4 Å². The van der Waals surface area contributed by atoms with Crippen molar-refractivity contribution in [3.05, 3.63) is 35.1 Å². The maximum atomic E-state index is 15.5. The molecule has 6 nitrogen and oxygen atoms in total. The van der Waals surface area contributed by atoms with Crippen LogP contribution in [0.5, 0.6) is 0 Å². The number of likely N-dealkylation sites (N-methyl/N-ethyl adjacent to an activating group) is 2. The van der Waals surface area contributed by atoms with Crippen molar-refractivity contribution in [1.82, 2.24) is 14.7 Å². The SMILES string of the molecule is CC/C(=C\C(F)=C(/C1=CN(C)C(C)CO1)N1CCN(C)CC1)C(=O)C(C)C=O. The number of hydrogen-bond donors (Lipinski definition) is 0. The highest BCUT2D eigenvalue weighted by Crippen LogP contribution is 2.28. The monoisotopic (exact) mass is 393 g/mol. The number of ether oxygens (including phenoxy) is 1. The first-order valence-electron chi connectivity index (χ1n) is 9.88. The molecule has 0 N–H and O–H groups in total. The van der Waals surface area contributed by atoms with Crippen LogP contribution in [0.4, 0.5) is 4.39 Å². The zero-order valence-electron chi connectivity index (χ0n) is 17.6. The molecule has 0 aliphatic carbocycles. The fourth-order valence-electron chi connectivity index (χ4n) is 3.18. The Balaban J connectivity index is 2.46. The fourth-order valence-corrected chi connectivity index (χ4v) is 3.18. The van der Waals surface area contributed by atoms with E-state index in [1.165, 1.54) is 13.0 Å². The number of allylic oxidation sites excluding steroid dienone is 3. The average molecular weight is 394 g/mol. The molecule has 0 aromatic rings. The Morgan fingerprint density at radius 1 is 1.32 bits per heavy atom. The zero-order valence-corrected chi connectivity index (χ0v) is 17.6. The lowest BCUT2D eigenvalue weighted by atomic mass is 9.98. The normalized spacial score (nSPS) is 23.6. The minimum Gasteiger partial charge on any atom is -0.488 e. The van der Waals surface area contributed by atoms with Crippen LogP contribution >= 0.6 is 0 Å². The summed E-state index contributed by atoms with van der Waals surface area (Å²) >= 11 is 0. The van der Waals surface area contributed by atoms with Crippen LogP contribution in [0, 0.1) is 5.92 Å². The van der Waals surface area contributed by atoms with Crippen LogP contribution in [0.25, 0.3) is 0 Å². The Hall–Kier alpha value is -2.15. The second-order valence-corrected chi connectivity index (χ2v) is 7.62. The number of piperazine rings is 1. The standard InChI is InChI=1S/C21H32FN3O3/c1-6-17(21(27)15(2)13-26)11-18(22)20(25-9-7-23(4)8-10-25)19-12-24(5)16(3)14-28-19/h11-13,15-16H,6-10,14H2,1-5H3/b17-11+,20-18-. The number of rotatable bonds is 7. The summed E-state index contributed by atoms with van der Waals surface area (Å²) in [6, 6.07) is 0.206. The summed E-state index contributed by atoms with van der Waals surface area (Å²) in [6.07, 6.45) is 4.05. The summed E-state index contributed by atoms with van der Waals surface area (Å²) in [5.74, 6) is -1.13. The first-order chi connectivity index (χ1) is 13.3. The third-order valence-corrected chi connectivity index (χ3v) is 5.39. The third-order valence-electron chi connectivity index (χ3n) is 5.39. The molecule has 0 aromatic heterocycles. The van der Waals surface area contributed by atoms with E-state index in [4.69, 9.17) is 4.74 Å². The fraction of sp³-hybridized carbons (Fsp3) is 0.619. The number of Topliss-reactive ketones (excluding diaryl/α,β-unsaturated/α-hetero) is 1. The molecule has 0 amide bonds. The highest BCUT2D eigenvalue weighted by atomic mass is 19.1. The Kier molecular flexibility index (Phi) is 7.80. The van der Waals surface area contributed by atoms with Gasteiger partial charge in [-0.05, 0) is 39.0 Å². The van der Waals surface area contributed by atoms with Gasteiger partial charge in [-0.15, -0.1) is 0 Å². The van der Waals surface area contributed by atoms with Gasteiger partial charge in [0.15, 0.2) is 17.4 Å². The predicted octanol–water partition coefficient (Wildman–Crippen LogP) is 2.35. The molecule has 1 fully saturated rings. The molecule has 0 aromatic carbocycles. The van der Waals surface area contributed by atoms with Gasteiger partial charge in [-0.25, -0.2) is 4.39 Å². The van der Waals surface area contributed by atoms with Gasteiger partial charge in [-0.1, -0.05) is 6.92 Å². The van der Waals surface area contributed by atoms with Gasteiger partial charge in [-0.2, -0.15) is 0 Å². The second-order valence-electron chi connectivity index (χ2n) is 7.62. The molecule has 28 heavy (non-hydrogen) atoms. The molecule has 1 saturated heterocycles. The van der Waals surface area contributed by atoms with Crippen molar-refractivity contribution in [3.63, 3.8) is 0 Å². The summed E-state index contributed by atoms with van der Waals surface area (Å²) in [7, 11) is 3.98. The van der Waals surface area contributed by atoms with Gasteiger partial charge in [0.25, 0.3) is 0 Å². The van der Waals surface area contributed by atoms with E-state index in [0.717, 1.165) is 13.1 Å². The highest BCUT2D eigenvalue weighted by Gasteiger charge is 2.28. The molecular formula is C21H32FN3O3. The maximum Gasteiger partial charge on any atom is 0.168 e. The van der Waals surface area contributed by atoms with Gasteiger partial charge in [0.05, 0.1) is 12.0 Å². The molecule has 2 atom stereocenters. The summed E-state index contributed by atoms with van der Waals surface area (Å²) in [5, 5.41) is 0. The molecule has 0 saturated carbocycles. The molecule has 156 valence electrons. The minimum absolute atomic E-state index is 0.206. The summed E-state index contributed by atoms with van der Waals surface area (Å²) in [4.78, 5) is 29.5. The van der Waals surface area contributed by atoms with Crippen LogP contribution in [0.15, 0.2) is 35.1 Å². The Morgan fingerprint density at radius 2 is 1.96 bits per heavy atom. The first-order valence-corrected chi connectivity index (χ1v) is 9.88. The third kappa shape index (κ3) is 5.22. The molecule has 2 unspecified atom stereocenters. The number of carbonyl (C=O) groups excluding carboxylic acids is 2.